The van der Waals surface area contributed by atoms with Gasteiger partial charge in [0.05, 0.1) is 0 Å². The molecule has 0 radical (unpaired) electrons. The summed E-state index contributed by atoms with van der Waals surface area (Å²) in [4.78, 5) is 12.0. The lowest BCUT2D eigenvalue weighted by atomic mass is 10.0. The molecule has 0 spiro atoms. The molecule has 2 unspecified atom stereocenters. The van der Waals surface area contributed by atoms with Crippen LogP contribution in [0.5, 0.6) is 0 Å². The number of rotatable bonds is 2. The molecule has 0 aromatic heterocycles. The predicted molar refractivity (Wildman–Crippen MR) is 75.9 cm³/mol. The van der Waals surface area contributed by atoms with Crippen molar-refractivity contribution in [3.63, 3.8) is 0 Å². The van der Waals surface area contributed by atoms with Crippen LogP contribution in [0.4, 0.5) is 0 Å². The maximum atomic E-state index is 12.0. The molecule has 0 saturated carbocycles. The smallest absolute Gasteiger partial charge is 0.323 e. The van der Waals surface area contributed by atoms with E-state index in [2.05, 4.69) is 24.4 Å². The van der Waals surface area contributed by atoms with Crippen LogP contribution >= 0.6 is 0 Å². The molecule has 3 heteroatoms. The van der Waals surface area contributed by atoms with Gasteiger partial charge in [-0.15, -0.1) is 0 Å². The molecule has 19 heavy (non-hydrogen) atoms. The SMILES string of the molecule is Cc1ccccc1C1CCC(C(=O)OC(C)(C)C)N1. The van der Waals surface area contributed by atoms with Crippen LogP contribution in [0.1, 0.15) is 50.8 Å². The van der Waals surface area contributed by atoms with Crippen LogP contribution in [0.25, 0.3) is 0 Å². The van der Waals surface area contributed by atoms with Crippen LogP contribution in [0.15, 0.2) is 24.3 Å². The van der Waals surface area contributed by atoms with Crippen molar-refractivity contribution >= 4 is 5.97 Å². The van der Waals surface area contributed by atoms with Gasteiger partial charge >= 0.3 is 5.97 Å². The molecule has 1 heterocycles. The lowest BCUT2D eigenvalue weighted by Crippen LogP contribution is -2.38. The summed E-state index contributed by atoms with van der Waals surface area (Å²) in [6, 6.07) is 8.41. The number of benzene rings is 1. The van der Waals surface area contributed by atoms with E-state index in [-0.39, 0.29) is 18.1 Å². The average molecular weight is 261 g/mol. The van der Waals surface area contributed by atoms with Gasteiger partial charge in [0.15, 0.2) is 0 Å². The van der Waals surface area contributed by atoms with Gasteiger partial charge in [-0.1, -0.05) is 24.3 Å². The Morgan fingerprint density at radius 2 is 1.95 bits per heavy atom. The summed E-state index contributed by atoms with van der Waals surface area (Å²) in [6.45, 7) is 7.81. The fraction of sp³-hybridized carbons (Fsp3) is 0.562. The Morgan fingerprint density at radius 3 is 2.58 bits per heavy atom. The van der Waals surface area contributed by atoms with Gasteiger partial charge in [-0.3, -0.25) is 10.1 Å². The highest BCUT2D eigenvalue weighted by Gasteiger charge is 2.33. The summed E-state index contributed by atoms with van der Waals surface area (Å²) < 4.78 is 5.43. The van der Waals surface area contributed by atoms with Crippen LogP contribution in [-0.4, -0.2) is 17.6 Å². The average Bonchev–Trinajstić information content (AvgIpc) is 2.76. The molecule has 1 aromatic rings. The number of nitrogens with one attached hydrogen (secondary N) is 1. The van der Waals surface area contributed by atoms with Gasteiger partial charge in [0.25, 0.3) is 0 Å². The standard InChI is InChI=1S/C16H23NO2/c1-11-7-5-6-8-12(11)13-9-10-14(17-13)15(18)19-16(2,3)4/h5-8,13-14,17H,9-10H2,1-4H3. The zero-order valence-corrected chi connectivity index (χ0v) is 12.2. The highest BCUT2D eigenvalue weighted by atomic mass is 16.6. The topological polar surface area (TPSA) is 38.3 Å². The molecular weight excluding hydrogens is 238 g/mol. The van der Waals surface area contributed by atoms with Crippen molar-refractivity contribution in [1.82, 2.24) is 5.32 Å². The van der Waals surface area contributed by atoms with Crippen LogP contribution < -0.4 is 5.32 Å². The van der Waals surface area contributed by atoms with Crippen LogP contribution in [0, 0.1) is 6.92 Å². The summed E-state index contributed by atoms with van der Waals surface area (Å²) >= 11 is 0. The monoisotopic (exact) mass is 261 g/mol. The summed E-state index contributed by atoms with van der Waals surface area (Å²) in [6.07, 6.45) is 1.82. The Kier molecular flexibility index (Phi) is 3.95. The first-order chi connectivity index (χ1) is 8.87. The zero-order chi connectivity index (χ0) is 14.0. The Bertz CT molecular complexity index is 462. The number of esters is 1. The summed E-state index contributed by atoms with van der Waals surface area (Å²) in [5.41, 5.74) is 2.14. The van der Waals surface area contributed by atoms with Crippen molar-refractivity contribution in [2.24, 2.45) is 0 Å². The zero-order valence-electron chi connectivity index (χ0n) is 12.2. The van der Waals surface area contributed by atoms with Gasteiger partial charge in [0, 0.05) is 6.04 Å². The van der Waals surface area contributed by atoms with Gasteiger partial charge in [-0.2, -0.15) is 0 Å². The Labute approximate surface area is 115 Å². The molecule has 1 aliphatic rings. The van der Waals surface area contributed by atoms with E-state index >= 15 is 0 Å². The van der Waals surface area contributed by atoms with E-state index in [0.29, 0.717) is 0 Å². The molecule has 3 nitrogen and oxygen atoms in total. The third kappa shape index (κ3) is 3.57. The number of carbonyl (C=O) groups is 1. The second kappa shape index (κ2) is 5.33. The maximum absolute atomic E-state index is 12.0. The van der Waals surface area contributed by atoms with E-state index in [1.807, 2.05) is 32.9 Å². The van der Waals surface area contributed by atoms with Gasteiger partial charge in [0.1, 0.15) is 11.6 Å². The number of aryl methyl sites for hydroxylation is 1. The van der Waals surface area contributed by atoms with E-state index in [1.165, 1.54) is 11.1 Å². The lowest BCUT2D eigenvalue weighted by Gasteiger charge is -2.22. The van der Waals surface area contributed by atoms with Gasteiger partial charge < -0.3 is 4.74 Å². The second-order valence-electron chi connectivity index (χ2n) is 6.24. The highest BCUT2D eigenvalue weighted by molar-refractivity contribution is 5.76. The fourth-order valence-corrected chi connectivity index (χ4v) is 2.52. The van der Waals surface area contributed by atoms with Crippen molar-refractivity contribution < 1.29 is 9.53 Å². The van der Waals surface area contributed by atoms with Crippen LogP contribution in [0.3, 0.4) is 0 Å². The molecule has 0 aliphatic carbocycles. The van der Waals surface area contributed by atoms with Crippen molar-refractivity contribution in [2.45, 2.75) is 58.2 Å². The maximum Gasteiger partial charge on any atom is 0.323 e. The third-order valence-electron chi connectivity index (χ3n) is 3.40. The molecule has 1 saturated heterocycles. The normalized spacial score (nSPS) is 23.4. The molecule has 1 N–H and O–H groups in total. The summed E-state index contributed by atoms with van der Waals surface area (Å²) in [5, 5.41) is 3.40. The number of carbonyl (C=O) groups excluding carboxylic acids is 1. The van der Waals surface area contributed by atoms with Crippen molar-refractivity contribution in [2.75, 3.05) is 0 Å². The fourth-order valence-electron chi connectivity index (χ4n) is 2.52. The van der Waals surface area contributed by atoms with Crippen molar-refractivity contribution in [3.05, 3.63) is 35.4 Å². The minimum absolute atomic E-state index is 0.136. The molecule has 0 amide bonds. The van der Waals surface area contributed by atoms with Gasteiger partial charge in [-0.25, -0.2) is 0 Å². The lowest BCUT2D eigenvalue weighted by molar-refractivity contribution is -0.157. The third-order valence-corrected chi connectivity index (χ3v) is 3.40. The summed E-state index contributed by atoms with van der Waals surface area (Å²) in [7, 11) is 0. The molecule has 2 atom stereocenters. The highest BCUT2D eigenvalue weighted by Crippen LogP contribution is 2.29. The Morgan fingerprint density at radius 1 is 1.26 bits per heavy atom. The van der Waals surface area contributed by atoms with E-state index in [1.54, 1.807) is 0 Å². The first-order valence-corrected chi connectivity index (χ1v) is 6.91. The van der Waals surface area contributed by atoms with E-state index in [0.717, 1.165) is 12.8 Å². The Hall–Kier alpha value is -1.35. The molecule has 1 aromatic carbocycles. The van der Waals surface area contributed by atoms with Crippen LogP contribution in [0.2, 0.25) is 0 Å². The molecule has 1 aliphatic heterocycles. The second-order valence-corrected chi connectivity index (χ2v) is 6.24. The number of hydrogen-bond donors (Lipinski definition) is 1. The largest absolute Gasteiger partial charge is 0.459 e. The van der Waals surface area contributed by atoms with Gasteiger partial charge in [0.2, 0.25) is 0 Å². The molecule has 1 fully saturated rings. The van der Waals surface area contributed by atoms with E-state index < -0.39 is 5.60 Å². The number of hydrogen-bond acceptors (Lipinski definition) is 3. The first-order valence-electron chi connectivity index (χ1n) is 6.91. The molecular formula is C16H23NO2. The van der Waals surface area contributed by atoms with Crippen molar-refractivity contribution in [3.8, 4) is 0 Å². The molecule has 104 valence electrons. The Balaban J connectivity index is 2.01. The van der Waals surface area contributed by atoms with Crippen molar-refractivity contribution in [1.29, 1.82) is 0 Å². The van der Waals surface area contributed by atoms with Crippen LogP contribution in [-0.2, 0) is 9.53 Å². The predicted octanol–water partition coefficient (Wildman–Crippen LogP) is 3.13. The van der Waals surface area contributed by atoms with E-state index in [4.69, 9.17) is 4.74 Å². The molecule has 2 rings (SSSR count). The minimum Gasteiger partial charge on any atom is -0.459 e. The number of ether oxygens (including phenoxy) is 1. The van der Waals surface area contributed by atoms with E-state index in [9.17, 15) is 4.79 Å². The first kappa shape index (κ1) is 14.1. The van der Waals surface area contributed by atoms with Gasteiger partial charge in [-0.05, 0) is 51.7 Å². The summed E-state index contributed by atoms with van der Waals surface area (Å²) in [5.74, 6) is -0.136. The quantitative estimate of drug-likeness (QED) is 0.831. The molecule has 0 bridgehead atoms. The minimum atomic E-state index is -0.417.